The summed E-state index contributed by atoms with van der Waals surface area (Å²) in [6, 6.07) is 14.5. The summed E-state index contributed by atoms with van der Waals surface area (Å²) in [5.41, 5.74) is 4.43. The number of anilines is 1. The van der Waals surface area contributed by atoms with Gasteiger partial charge in [0.25, 0.3) is 11.8 Å². The molecule has 118 valence electrons. The van der Waals surface area contributed by atoms with Crippen molar-refractivity contribution in [1.29, 1.82) is 0 Å². The van der Waals surface area contributed by atoms with Crippen LogP contribution in [0.5, 0.6) is 0 Å². The highest BCUT2D eigenvalue weighted by molar-refractivity contribution is 6.07. The highest BCUT2D eigenvalue weighted by Gasteiger charge is 2.09. The maximum Gasteiger partial charge on any atom is 0.267 e. The number of benzene rings is 2. The molecule has 0 saturated heterocycles. The van der Waals surface area contributed by atoms with Gasteiger partial charge in [-0.15, -0.1) is 0 Å². The lowest BCUT2D eigenvalue weighted by Gasteiger charge is -2.08. The first kappa shape index (κ1) is 16.5. The van der Waals surface area contributed by atoms with Crippen molar-refractivity contribution in [2.75, 3.05) is 5.32 Å². The Balaban J connectivity index is 2.18. The van der Waals surface area contributed by atoms with Crippen LogP contribution in [0.2, 0.25) is 0 Å². The van der Waals surface area contributed by atoms with Crippen molar-refractivity contribution in [1.82, 2.24) is 5.48 Å². The molecular formula is C18H18N2O3. The van der Waals surface area contributed by atoms with Crippen LogP contribution in [0.25, 0.3) is 6.08 Å². The Bertz CT molecular complexity index is 721. The van der Waals surface area contributed by atoms with Gasteiger partial charge in [0.15, 0.2) is 0 Å². The van der Waals surface area contributed by atoms with Crippen LogP contribution in [0.4, 0.5) is 5.69 Å². The third-order valence-electron chi connectivity index (χ3n) is 3.35. The van der Waals surface area contributed by atoms with Crippen LogP contribution in [0.3, 0.4) is 0 Å². The van der Waals surface area contributed by atoms with Crippen molar-refractivity contribution >= 4 is 23.6 Å². The van der Waals surface area contributed by atoms with Crippen molar-refractivity contribution in [3.63, 3.8) is 0 Å². The first-order valence-electron chi connectivity index (χ1n) is 7.25. The second-order valence-electron chi connectivity index (χ2n) is 4.90. The molecule has 0 aliphatic rings. The van der Waals surface area contributed by atoms with Gasteiger partial charge in [-0.2, -0.15) is 0 Å². The minimum Gasteiger partial charge on any atom is -0.322 e. The topological polar surface area (TPSA) is 78.4 Å². The van der Waals surface area contributed by atoms with E-state index in [-0.39, 0.29) is 5.91 Å². The van der Waals surface area contributed by atoms with Gasteiger partial charge < -0.3 is 5.32 Å². The molecule has 0 heterocycles. The number of carbonyl (C=O) groups excluding carboxylic acids is 2. The summed E-state index contributed by atoms with van der Waals surface area (Å²) in [6.45, 7) is 2.07. The molecule has 23 heavy (non-hydrogen) atoms. The Morgan fingerprint density at radius 1 is 1.09 bits per heavy atom. The molecule has 2 aromatic rings. The molecule has 0 aliphatic heterocycles. The van der Waals surface area contributed by atoms with Crippen LogP contribution in [0.15, 0.2) is 54.6 Å². The van der Waals surface area contributed by atoms with Gasteiger partial charge in [-0.3, -0.25) is 14.8 Å². The van der Waals surface area contributed by atoms with Crippen molar-refractivity contribution in [2.24, 2.45) is 0 Å². The molecule has 0 atom stereocenters. The predicted octanol–water partition coefficient (Wildman–Crippen LogP) is 3.02. The minimum absolute atomic E-state index is 0.265. The molecule has 0 aromatic heterocycles. The fourth-order valence-electron chi connectivity index (χ4n) is 2.07. The van der Waals surface area contributed by atoms with Gasteiger partial charge in [0.1, 0.15) is 0 Å². The zero-order valence-electron chi connectivity index (χ0n) is 12.7. The molecule has 3 N–H and O–H groups in total. The number of hydroxylamine groups is 1. The van der Waals surface area contributed by atoms with Crippen LogP contribution in [-0.2, 0) is 11.2 Å². The molecule has 0 unspecified atom stereocenters. The smallest absolute Gasteiger partial charge is 0.267 e. The Morgan fingerprint density at radius 2 is 1.78 bits per heavy atom. The maximum atomic E-state index is 12.4. The second-order valence-corrected chi connectivity index (χ2v) is 4.90. The Morgan fingerprint density at radius 3 is 2.43 bits per heavy atom. The van der Waals surface area contributed by atoms with Crippen molar-refractivity contribution < 1.29 is 14.8 Å². The fraction of sp³-hybridized carbons (Fsp3) is 0.111. The normalized spacial score (nSPS) is 10.5. The second kappa shape index (κ2) is 7.91. The van der Waals surface area contributed by atoms with E-state index >= 15 is 0 Å². The molecule has 2 aromatic carbocycles. The molecule has 0 bridgehead atoms. The number of carbonyl (C=O) groups is 2. The van der Waals surface area contributed by atoms with Gasteiger partial charge in [0.05, 0.1) is 0 Å². The largest absolute Gasteiger partial charge is 0.322 e. The lowest BCUT2D eigenvalue weighted by molar-refractivity contribution is -0.124. The van der Waals surface area contributed by atoms with E-state index in [9.17, 15) is 9.59 Å². The van der Waals surface area contributed by atoms with Crippen LogP contribution >= 0.6 is 0 Å². The lowest BCUT2D eigenvalue weighted by Crippen LogP contribution is -2.15. The first-order chi connectivity index (χ1) is 11.1. The number of nitrogens with one attached hydrogen (secondary N) is 2. The van der Waals surface area contributed by atoms with Crippen LogP contribution in [0, 0.1) is 0 Å². The summed E-state index contributed by atoms with van der Waals surface area (Å²) in [6.07, 6.45) is 3.57. The summed E-state index contributed by atoms with van der Waals surface area (Å²) in [5.74, 6) is -0.922. The Kier molecular flexibility index (Phi) is 5.66. The summed E-state index contributed by atoms with van der Waals surface area (Å²) in [4.78, 5) is 23.5. The highest BCUT2D eigenvalue weighted by Crippen LogP contribution is 2.15. The van der Waals surface area contributed by atoms with Crippen molar-refractivity contribution in [2.45, 2.75) is 13.3 Å². The molecule has 0 fully saturated rings. The molecule has 2 amide bonds. The van der Waals surface area contributed by atoms with E-state index in [1.165, 1.54) is 17.1 Å². The van der Waals surface area contributed by atoms with Gasteiger partial charge >= 0.3 is 0 Å². The number of hydrogen-bond donors (Lipinski definition) is 3. The quantitative estimate of drug-likeness (QED) is 0.451. The number of aryl methyl sites for hydroxylation is 1. The molecule has 0 radical (unpaired) electrons. The minimum atomic E-state index is -0.657. The maximum absolute atomic E-state index is 12.4. The molecule has 0 spiro atoms. The zero-order chi connectivity index (χ0) is 16.7. The Hall–Kier alpha value is -2.92. The molecule has 5 heteroatoms. The summed E-state index contributed by atoms with van der Waals surface area (Å²) in [7, 11) is 0. The van der Waals surface area contributed by atoms with Crippen LogP contribution < -0.4 is 10.8 Å². The van der Waals surface area contributed by atoms with Crippen molar-refractivity contribution in [3.05, 3.63) is 71.3 Å². The third kappa shape index (κ3) is 4.52. The van der Waals surface area contributed by atoms with Crippen molar-refractivity contribution in [3.8, 4) is 0 Å². The highest BCUT2D eigenvalue weighted by atomic mass is 16.5. The number of amides is 2. The fourth-order valence-corrected chi connectivity index (χ4v) is 2.07. The van der Waals surface area contributed by atoms with E-state index in [0.717, 1.165) is 12.5 Å². The van der Waals surface area contributed by atoms with E-state index < -0.39 is 5.91 Å². The third-order valence-corrected chi connectivity index (χ3v) is 3.35. The van der Waals surface area contributed by atoms with Gasteiger partial charge in [0, 0.05) is 17.3 Å². The SMILES string of the molecule is CCc1ccc(NC(=O)c2ccccc2C=CC(=O)NO)cc1. The first-order valence-corrected chi connectivity index (χ1v) is 7.25. The lowest BCUT2D eigenvalue weighted by atomic mass is 10.1. The average molecular weight is 310 g/mol. The van der Waals surface area contributed by atoms with E-state index in [2.05, 4.69) is 12.2 Å². The molecular weight excluding hydrogens is 292 g/mol. The van der Waals surface area contributed by atoms with Crippen LogP contribution in [0.1, 0.15) is 28.4 Å². The molecule has 0 aliphatic carbocycles. The van der Waals surface area contributed by atoms with Gasteiger partial charge in [-0.25, -0.2) is 5.48 Å². The summed E-state index contributed by atoms with van der Waals surface area (Å²) >= 11 is 0. The zero-order valence-corrected chi connectivity index (χ0v) is 12.7. The Labute approximate surface area is 134 Å². The van der Waals surface area contributed by atoms with E-state index in [1.54, 1.807) is 24.3 Å². The molecule has 5 nitrogen and oxygen atoms in total. The summed E-state index contributed by atoms with van der Waals surface area (Å²) in [5, 5.41) is 11.3. The molecule has 2 rings (SSSR count). The predicted molar refractivity (Wildman–Crippen MR) is 89.2 cm³/mol. The number of rotatable bonds is 5. The van der Waals surface area contributed by atoms with Gasteiger partial charge in [0.2, 0.25) is 0 Å². The van der Waals surface area contributed by atoms with Gasteiger partial charge in [-0.05, 0) is 41.8 Å². The monoisotopic (exact) mass is 310 g/mol. The summed E-state index contributed by atoms with van der Waals surface area (Å²) < 4.78 is 0. The van der Waals surface area contributed by atoms with E-state index in [4.69, 9.17) is 5.21 Å². The molecule has 0 saturated carbocycles. The number of hydrogen-bond acceptors (Lipinski definition) is 3. The van der Waals surface area contributed by atoms with E-state index in [0.29, 0.717) is 16.8 Å². The van der Waals surface area contributed by atoms with Gasteiger partial charge in [-0.1, -0.05) is 37.3 Å². The van der Waals surface area contributed by atoms with E-state index in [1.807, 2.05) is 24.3 Å². The standard InChI is InChI=1S/C18H18N2O3/c1-2-13-7-10-15(11-8-13)19-18(22)16-6-4-3-5-14(16)9-12-17(21)20-23/h3-12,23H,2H2,1H3,(H,19,22)(H,20,21). The average Bonchev–Trinajstić information content (AvgIpc) is 2.60. The van der Waals surface area contributed by atoms with Crippen LogP contribution in [-0.4, -0.2) is 17.0 Å².